The second kappa shape index (κ2) is 8.27. The van der Waals surface area contributed by atoms with Crippen LogP contribution in [0.15, 0.2) is 40.3 Å². The number of thiophene rings is 1. The molecule has 3 aliphatic rings. The molecular formula is C23H26N6O3S. The molecule has 3 aliphatic heterocycles. The average molecular weight is 467 g/mol. The highest BCUT2D eigenvalue weighted by Crippen LogP contribution is 2.36. The van der Waals surface area contributed by atoms with Crippen LogP contribution in [0.3, 0.4) is 0 Å². The average Bonchev–Trinajstić information content (AvgIpc) is 3.17. The summed E-state index contributed by atoms with van der Waals surface area (Å²) in [7, 11) is 0. The van der Waals surface area contributed by atoms with Gasteiger partial charge in [0.1, 0.15) is 10.2 Å². The maximum Gasteiger partial charge on any atom is 0.296 e. The molecule has 0 aliphatic carbocycles. The van der Waals surface area contributed by atoms with Gasteiger partial charge in [0, 0.05) is 43.9 Å². The maximum absolute atomic E-state index is 11.1. The highest BCUT2D eigenvalue weighted by molar-refractivity contribution is 7.08. The molecular weight excluding hydrogens is 440 g/mol. The minimum Gasteiger partial charge on any atom is -0.465 e. The SMILES string of the molecule is CCOC1=NC(N2CCNCC2)=c2sc3c(c2N1)C(C)=CC(C)(c1ccc([N+](=O)[O-])cc1)N=3. The highest BCUT2D eigenvalue weighted by Gasteiger charge is 2.32. The number of aliphatic imine (C=N–C) groups is 1. The van der Waals surface area contributed by atoms with Gasteiger partial charge in [-0.3, -0.25) is 15.1 Å². The van der Waals surface area contributed by atoms with Crippen LogP contribution in [0.4, 0.5) is 11.4 Å². The first kappa shape index (κ1) is 21.6. The zero-order chi connectivity index (χ0) is 23.2. The van der Waals surface area contributed by atoms with Gasteiger partial charge in [-0.05, 0) is 50.1 Å². The molecule has 33 heavy (non-hydrogen) atoms. The Kier molecular flexibility index (Phi) is 5.41. The van der Waals surface area contributed by atoms with Crippen LogP contribution in [0, 0.1) is 10.1 Å². The van der Waals surface area contributed by atoms with E-state index in [0.717, 1.165) is 63.6 Å². The predicted octanol–water partition coefficient (Wildman–Crippen LogP) is 2.40. The standard InChI is InChI=1S/C23H26N6O3S/c1-4-32-22-25-18-17-14(2)13-23(3,15-5-7-16(8-6-15)29(30)31)27-21(17)33-19(18)20(26-22)28-11-9-24-10-12-28/h5-8,13,24H,4,9-12H2,1-3H3,(H,25,26). The summed E-state index contributed by atoms with van der Waals surface area (Å²) in [6.07, 6.45) is 2.13. The summed E-state index contributed by atoms with van der Waals surface area (Å²) in [5, 5.41) is 17.8. The molecule has 10 heteroatoms. The number of non-ortho nitro benzene ring substituents is 1. The van der Waals surface area contributed by atoms with Gasteiger partial charge < -0.3 is 20.3 Å². The summed E-state index contributed by atoms with van der Waals surface area (Å²) in [5.74, 6) is 0.924. The molecule has 1 unspecified atom stereocenters. The predicted molar refractivity (Wildman–Crippen MR) is 130 cm³/mol. The molecule has 1 aromatic heterocycles. The maximum atomic E-state index is 11.1. The van der Waals surface area contributed by atoms with Crippen LogP contribution >= 0.6 is 11.3 Å². The van der Waals surface area contributed by atoms with Crippen LogP contribution in [0.1, 0.15) is 31.9 Å². The van der Waals surface area contributed by atoms with Crippen molar-refractivity contribution in [1.82, 2.24) is 10.2 Å². The number of nitro benzene ring substituents is 1. The topological polar surface area (TPSA) is 104 Å². The zero-order valence-electron chi connectivity index (χ0n) is 18.8. The number of rotatable bonds is 4. The number of benzene rings is 1. The fourth-order valence-electron chi connectivity index (χ4n) is 4.52. The summed E-state index contributed by atoms with van der Waals surface area (Å²) in [4.78, 5) is 22.9. The second-order valence-corrected chi connectivity index (χ2v) is 9.41. The number of nitrogens with zero attached hydrogens (tertiary/aromatic N) is 4. The van der Waals surface area contributed by atoms with Gasteiger partial charge in [-0.2, -0.15) is 4.99 Å². The van der Waals surface area contributed by atoms with Crippen molar-refractivity contribution in [1.29, 1.82) is 0 Å². The molecule has 2 aromatic rings. The summed E-state index contributed by atoms with van der Waals surface area (Å²) in [6.45, 7) is 10.2. The Morgan fingerprint density at radius 2 is 2.00 bits per heavy atom. The molecule has 0 saturated carbocycles. The Bertz CT molecular complexity index is 1290. The van der Waals surface area contributed by atoms with E-state index >= 15 is 0 Å². The van der Waals surface area contributed by atoms with Crippen molar-refractivity contribution < 1.29 is 9.66 Å². The van der Waals surface area contributed by atoms with Gasteiger partial charge >= 0.3 is 0 Å². The molecule has 5 rings (SSSR count). The fourth-order valence-corrected chi connectivity index (χ4v) is 5.84. The molecule has 1 atom stereocenters. The van der Waals surface area contributed by atoms with Crippen molar-refractivity contribution >= 4 is 40.1 Å². The number of piperazine rings is 1. The van der Waals surface area contributed by atoms with E-state index in [9.17, 15) is 10.1 Å². The lowest BCUT2D eigenvalue weighted by molar-refractivity contribution is -0.384. The molecule has 1 fully saturated rings. The minimum absolute atomic E-state index is 0.0752. The van der Waals surface area contributed by atoms with Gasteiger partial charge in [0.05, 0.1) is 21.7 Å². The number of allylic oxidation sites excluding steroid dienone is 1. The molecule has 4 heterocycles. The van der Waals surface area contributed by atoms with Crippen LogP contribution in [0.5, 0.6) is 0 Å². The Hall–Kier alpha value is -3.24. The van der Waals surface area contributed by atoms with E-state index in [1.54, 1.807) is 23.5 Å². The van der Waals surface area contributed by atoms with Crippen molar-refractivity contribution in [3.8, 4) is 0 Å². The van der Waals surface area contributed by atoms with Crippen LogP contribution in [-0.2, 0) is 10.3 Å². The number of anilines is 1. The van der Waals surface area contributed by atoms with Gasteiger partial charge in [-0.15, -0.1) is 11.3 Å². The number of nitrogens with one attached hydrogen (secondary N) is 2. The molecule has 2 N–H and O–H groups in total. The van der Waals surface area contributed by atoms with Gasteiger partial charge in [0.25, 0.3) is 11.7 Å². The molecule has 0 bridgehead atoms. The smallest absolute Gasteiger partial charge is 0.296 e. The molecule has 9 nitrogen and oxygen atoms in total. The summed E-state index contributed by atoms with van der Waals surface area (Å²) < 4.78 is 7.76. The van der Waals surface area contributed by atoms with E-state index in [4.69, 9.17) is 14.7 Å². The van der Waals surface area contributed by atoms with Gasteiger partial charge in [0.15, 0.2) is 5.82 Å². The first-order chi connectivity index (χ1) is 15.9. The fraction of sp³-hybridized carbons (Fsp3) is 0.391. The van der Waals surface area contributed by atoms with E-state index in [-0.39, 0.29) is 10.6 Å². The van der Waals surface area contributed by atoms with Crippen LogP contribution in [0.25, 0.3) is 11.4 Å². The molecule has 172 valence electrons. The lowest BCUT2D eigenvalue weighted by atomic mass is 9.87. The summed E-state index contributed by atoms with van der Waals surface area (Å²) in [5.41, 5.74) is 3.53. The van der Waals surface area contributed by atoms with Gasteiger partial charge in [-0.25, -0.2) is 0 Å². The monoisotopic (exact) mass is 466 g/mol. The van der Waals surface area contributed by atoms with Gasteiger partial charge in [-0.1, -0.05) is 0 Å². The van der Waals surface area contributed by atoms with Crippen LogP contribution in [-0.4, -0.2) is 48.6 Å². The Labute approximate surface area is 195 Å². The van der Waals surface area contributed by atoms with Crippen molar-refractivity contribution in [3.63, 3.8) is 0 Å². The van der Waals surface area contributed by atoms with Crippen molar-refractivity contribution in [2.45, 2.75) is 26.3 Å². The van der Waals surface area contributed by atoms with E-state index in [2.05, 4.69) is 28.5 Å². The van der Waals surface area contributed by atoms with E-state index in [1.165, 1.54) is 12.1 Å². The minimum atomic E-state index is -0.613. The molecule has 0 spiro atoms. The quantitative estimate of drug-likeness (QED) is 0.530. The normalized spacial score (nSPS) is 21.8. The number of fused-ring (bicyclic) bond motifs is 3. The number of hydrogen-bond donors (Lipinski definition) is 2. The third kappa shape index (κ3) is 3.79. The van der Waals surface area contributed by atoms with Crippen molar-refractivity contribution in [2.24, 2.45) is 9.98 Å². The Morgan fingerprint density at radius 3 is 2.67 bits per heavy atom. The van der Waals surface area contributed by atoms with E-state index in [0.29, 0.717) is 12.6 Å². The van der Waals surface area contributed by atoms with Crippen LogP contribution < -0.4 is 19.8 Å². The third-order valence-electron chi connectivity index (χ3n) is 6.12. The first-order valence-corrected chi connectivity index (χ1v) is 11.9. The largest absolute Gasteiger partial charge is 0.465 e. The number of ether oxygens (including phenoxy) is 1. The molecule has 1 aromatic carbocycles. The number of nitro groups is 1. The van der Waals surface area contributed by atoms with E-state index in [1.807, 2.05) is 13.8 Å². The number of amidine groups is 1. The molecule has 0 radical (unpaired) electrons. The van der Waals surface area contributed by atoms with E-state index < -0.39 is 5.54 Å². The highest BCUT2D eigenvalue weighted by atomic mass is 32.1. The lowest BCUT2D eigenvalue weighted by Gasteiger charge is -2.31. The lowest BCUT2D eigenvalue weighted by Crippen LogP contribution is -2.44. The molecule has 0 amide bonds. The van der Waals surface area contributed by atoms with Crippen molar-refractivity contribution in [2.75, 3.05) is 38.1 Å². The summed E-state index contributed by atoms with van der Waals surface area (Å²) >= 11 is 1.63. The third-order valence-corrected chi connectivity index (χ3v) is 7.20. The number of hydrogen-bond acceptors (Lipinski definition) is 9. The second-order valence-electron chi connectivity index (χ2n) is 8.41. The van der Waals surface area contributed by atoms with Crippen LogP contribution in [0.2, 0.25) is 0 Å². The summed E-state index contributed by atoms with van der Waals surface area (Å²) in [6, 6.07) is 7.16. The van der Waals surface area contributed by atoms with Gasteiger partial charge in [0.2, 0.25) is 0 Å². The van der Waals surface area contributed by atoms with Crippen molar-refractivity contribution in [3.05, 3.63) is 60.8 Å². The Morgan fingerprint density at radius 1 is 1.27 bits per heavy atom. The molecule has 1 saturated heterocycles. The Balaban J connectivity index is 1.65. The first-order valence-electron chi connectivity index (χ1n) is 11.1. The zero-order valence-corrected chi connectivity index (χ0v) is 19.7.